The average Bonchev–Trinajstić information content (AvgIpc) is 3.09. The van der Waals surface area contributed by atoms with E-state index in [1.54, 1.807) is 29.2 Å². The minimum Gasteiger partial charge on any atom is -0.497 e. The smallest absolute Gasteiger partial charge is 0.417 e. The number of aromatic nitrogens is 2. The lowest BCUT2D eigenvalue weighted by molar-refractivity contribution is -0.137. The molecule has 0 radical (unpaired) electrons. The summed E-state index contributed by atoms with van der Waals surface area (Å²) in [6, 6.07) is 11.8. The lowest BCUT2D eigenvalue weighted by atomic mass is 9.82. The molecule has 0 bridgehead atoms. The average molecular weight is 754 g/mol. The van der Waals surface area contributed by atoms with Crippen LogP contribution >= 0.6 is 11.6 Å². The maximum absolute atomic E-state index is 16.1. The van der Waals surface area contributed by atoms with Crippen molar-refractivity contribution in [1.29, 1.82) is 0 Å². The molecule has 4 aromatic rings. The number of alkyl halides is 3. The van der Waals surface area contributed by atoms with E-state index in [2.05, 4.69) is 9.97 Å². The summed E-state index contributed by atoms with van der Waals surface area (Å²) in [6.07, 6.45) is -0.288. The third-order valence-electron chi connectivity index (χ3n) is 9.27. The number of hydrogen-bond acceptors (Lipinski definition) is 8. The van der Waals surface area contributed by atoms with Gasteiger partial charge in [-0.05, 0) is 75.7 Å². The predicted molar refractivity (Wildman–Crippen MR) is 184 cm³/mol. The Balaban J connectivity index is 1.46. The fourth-order valence-corrected chi connectivity index (χ4v) is 8.25. The molecule has 1 atom stereocenters. The van der Waals surface area contributed by atoms with Crippen molar-refractivity contribution in [2.45, 2.75) is 48.8 Å². The number of halogens is 6. The summed E-state index contributed by atoms with van der Waals surface area (Å²) in [5.74, 6) is -2.00. The van der Waals surface area contributed by atoms with Gasteiger partial charge in [0.05, 0.1) is 31.4 Å². The summed E-state index contributed by atoms with van der Waals surface area (Å²) in [4.78, 5) is 10.4. The van der Waals surface area contributed by atoms with E-state index in [9.17, 15) is 21.6 Å². The van der Waals surface area contributed by atoms with Crippen molar-refractivity contribution in [2.24, 2.45) is 0 Å². The molecule has 16 heteroatoms. The number of methoxy groups -OCH3 is 2. The van der Waals surface area contributed by atoms with Crippen LogP contribution in [-0.2, 0) is 29.2 Å². The Labute approximate surface area is 298 Å². The van der Waals surface area contributed by atoms with Gasteiger partial charge in [-0.1, -0.05) is 23.7 Å². The molecule has 5 rings (SSSR count). The van der Waals surface area contributed by atoms with Crippen molar-refractivity contribution < 1.29 is 39.8 Å². The lowest BCUT2D eigenvalue weighted by Crippen LogP contribution is -2.56. The molecule has 0 saturated carbocycles. The second kappa shape index (κ2) is 15.2. The van der Waals surface area contributed by atoms with E-state index in [1.807, 2.05) is 19.0 Å². The molecule has 0 N–H and O–H groups in total. The lowest BCUT2D eigenvalue weighted by Gasteiger charge is -2.48. The van der Waals surface area contributed by atoms with Crippen LogP contribution in [0.1, 0.15) is 36.0 Å². The van der Waals surface area contributed by atoms with E-state index in [0.717, 1.165) is 28.8 Å². The van der Waals surface area contributed by atoms with Gasteiger partial charge in [0, 0.05) is 48.2 Å². The van der Waals surface area contributed by atoms with Gasteiger partial charge in [-0.3, -0.25) is 0 Å². The molecule has 2 heterocycles. The molecule has 274 valence electrons. The van der Waals surface area contributed by atoms with E-state index >= 15 is 8.78 Å². The van der Waals surface area contributed by atoms with Gasteiger partial charge < -0.3 is 19.3 Å². The highest BCUT2D eigenvalue weighted by atomic mass is 35.5. The van der Waals surface area contributed by atoms with Crippen LogP contribution < -0.4 is 18.7 Å². The molecule has 1 aliphatic heterocycles. The first-order chi connectivity index (χ1) is 24.1. The number of rotatable bonds is 12. The van der Waals surface area contributed by atoms with Gasteiger partial charge in [0.1, 0.15) is 35.3 Å². The number of likely N-dealkylation sites (N-methyl/N-ethyl adjacent to an activating group) is 1. The van der Waals surface area contributed by atoms with Crippen molar-refractivity contribution in [1.82, 2.24) is 14.9 Å². The molecule has 51 heavy (non-hydrogen) atoms. The van der Waals surface area contributed by atoms with E-state index in [-0.39, 0.29) is 41.8 Å². The predicted octanol–water partition coefficient (Wildman–Crippen LogP) is 7.37. The van der Waals surface area contributed by atoms with Crippen LogP contribution in [-0.4, -0.2) is 70.2 Å². The highest BCUT2D eigenvalue weighted by Gasteiger charge is 2.40. The monoisotopic (exact) mass is 753 g/mol. The molecule has 0 aliphatic carbocycles. The van der Waals surface area contributed by atoms with Crippen LogP contribution in [0.25, 0.3) is 0 Å². The van der Waals surface area contributed by atoms with Gasteiger partial charge in [-0.2, -0.15) is 13.2 Å². The summed E-state index contributed by atoms with van der Waals surface area (Å²) >= 11 is 6.18. The fourth-order valence-electron chi connectivity index (χ4n) is 6.43. The Morgan fingerprint density at radius 3 is 2.33 bits per heavy atom. The van der Waals surface area contributed by atoms with Crippen LogP contribution in [0.2, 0.25) is 5.02 Å². The van der Waals surface area contributed by atoms with Gasteiger partial charge in [-0.15, -0.1) is 0 Å². The number of sulfonamides is 1. The van der Waals surface area contributed by atoms with Crippen LogP contribution in [0.5, 0.6) is 11.5 Å². The summed E-state index contributed by atoms with van der Waals surface area (Å²) < 4.78 is 112. The molecule has 9 nitrogen and oxygen atoms in total. The van der Waals surface area contributed by atoms with Gasteiger partial charge >= 0.3 is 6.18 Å². The largest absolute Gasteiger partial charge is 0.497 e. The Morgan fingerprint density at radius 1 is 1.00 bits per heavy atom. The van der Waals surface area contributed by atoms with Gasteiger partial charge in [0.25, 0.3) is 10.0 Å². The van der Waals surface area contributed by atoms with Crippen LogP contribution in [0.3, 0.4) is 0 Å². The molecule has 1 saturated heterocycles. The zero-order valence-electron chi connectivity index (χ0n) is 28.3. The molecule has 3 aromatic carbocycles. The molecule has 1 fully saturated rings. The minimum atomic E-state index is -4.91. The number of benzene rings is 3. The van der Waals surface area contributed by atoms with Crippen LogP contribution in [0, 0.1) is 11.6 Å². The highest BCUT2D eigenvalue weighted by molar-refractivity contribution is 7.92. The molecule has 1 aromatic heterocycles. The summed E-state index contributed by atoms with van der Waals surface area (Å²) in [6.45, 7) is 0.293. The van der Waals surface area contributed by atoms with Crippen molar-refractivity contribution in [2.75, 3.05) is 50.6 Å². The summed E-state index contributed by atoms with van der Waals surface area (Å²) in [5, 5.41) is -0.353. The van der Waals surface area contributed by atoms with Crippen molar-refractivity contribution >= 4 is 33.1 Å². The second-order valence-corrected chi connectivity index (χ2v) is 14.6. The van der Waals surface area contributed by atoms with Gasteiger partial charge in [0.15, 0.2) is 4.90 Å². The molecular weight excluding hydrogens is 717 g/mol. The highest BCUT2D eigenvalue weighted by Crippen LogP contribution is 2.40. The molecular formula is C35H37ClF5N5O4S. The van der Waals surface area contributed by atoms with E-state index in [4.69, 9.17) is 21.1 Å². The third-order valence-corrected chi connectivity index (χ3v) is 11.5. The first-order valence-electron chi connectivity index (χ1n) is 15.9. The second-order valence-electron chi connectivity index (χ2n) is 12.4. The summed E-state index contributed by atoms with van der Waals surface area (Å²) in [7, 11) is 1.63. The maximum atomic E-state index is 16.1. The normalized spacial score (nSPS) is 16.7. The van der Waals surface area contributed by atoms with Gasteiger partial charge in [0.2, 0.25) is 0 Å². The van der Waals surface area contributed by atoms with E-state index < -0.39 is 43.8 Å². The number of aryl methyl sites for hydroxylation is 1. The quantitative estimate of drug-likeness (QED) is 0.139. The first-order valence-corrected chi connectivity index (χ1v) is 17.7. The SMILES string of the molecule is COc1ccc(CN(c2ccncn2)S(=O)(=O)c2c(F)cc(N3CCC[C@@](CCc4cccc(C(F)(F)F)c4Cl)(N(C)C)C3)cc2F)c(OC)c1. The van der Waals surface area contributed by atoms with Crippen LogP contribution in [0.4, 0.5) is 33.5 Å². The van der Waals surface area contributed by atoms with Gasteiger partial charge in [-0.25, -0.2) is 31.5 Å². The molecule has 0 unspecified atom stereocenters. The van der Waals surface area contributed by atoms with Crippen molar-refractivity contribution in [3.63, 3.8) is 0 Å². The number of ether oxygens (including phenoxy) is 2. The number of hydrogen-bond donors (Lipinski definition) is 0. The maximum Gasteiger partial charge on any atom is 0.417 e. The Bertz CT molecular complexity index is 1950. The zero-order chi connectivity index (χ0) is 37.1. The molecule has 0 spiro atoms. The van der Waals surface area contributed by atoms with Crippen molar-refractivity contribution in [3.05, 3.63) is 100 Å². The zero-order valence-corrected chi connectivity index (χ0v) is 29.9. The first kappa shape index (κ1) is 38.0. The Hall–Kier alpha value is -4.21. The molecule has 0 amide bonds. The van der Waals surface area contributed by atoms with E-state index in [1.165, 1.54) is 32.5 Å². The number of piperidine rings is 1. The Morgan fingerprint density at radius 2 is 1.73 bits per heavy atom. The summed E-state index contributed by atoms with van der Waals surface area (Å²) in [5.41, 5.74) is -0.672. The van der Waals surface area contributed by atoms with Crippen LogP contribution in [0.15, 0.2) is 72.0 Å². The minimum absolute atomic E-state index is 0.123. The fraction of sp³-hybridized carbons (Fsp3) is 0.371. The standard InChI is InChI=1S/C35H37ClF5N5O4S/c1-44(2)34(14-11-23-7-5-8-27(32(23)36)35(39,40)41)13-6-16-45(21-34)25-17-28(37)33(29(38)18-25)51(47,48)46(31-12-15-42-22-43-31)20-24-9-10-26(49-3)19-30(24)50-4/h5,7-10,12,15,17-19,22H,6,11,13-14,16,20-21H2,1-4H3/t34-/m0/s1. The topological polar surface area (TPSA) is 88.1 Å². The number of anilines is 2. The van der Waals surface area contributed by atoms with E-state index in [0.29, 0.717) is 42.7 Å². The molecule has 1 aliphatic rings. The van der Waals surface area contributed by atoms with Crippen molar-refractivity contribution in [3.8, 4) is 11.5 Å². The number of nitrogens with zero attached hydrogens (tertiary/aromatic N) is 5. The third kappa shape index (κ3) is 8.00. The Kier molecular flexibility index (Phi) is 11.3.